The van der Waals surface area contributed by atoms with Crippen molar-refractivity contribution in [3.8, 4) is 0 Å². The number of carbonyl (C=O) groups excluding carboxylic acids is 3. The first-order chi connectivity index (χ1) is 14.8. The van der Waals surface area contributed by atoms with Crippen LogP contribution < -0.4 is 5.32 Å². The first-order valence-corrected chi connectivity index (χ1v) is 10.4. The molecule has 0 radical (unpaired) electrons. The molecule has 0 spiro atoms. The Morgan fingerprint density at radius 2 is 1.74 bits per heavy atom. The molecule has 1 N–H and O–H groups in total. The summed E-state index contributed by atoms with van der Waals surface area (Å²) < 4.78 is 1.82. The minimum atomic E-state index is -0.133. The van der Waals surface area contributed by atoms with Crippen LogP contribution in [0.15, 0.2) is 30.3 Å². The van der Waals surface area contributed by atoms with Crippen molar-refractivity contribution in [2.75, 3.05) is 5.32 Å². The molecule has 0 unspecified atom stereocenters. The van der Waals surface area contributed by atoms with Crippen LogP contribution >= 0.6 is 0 Å². The van der Waals surface area contributed by atoms with Crippen molar-refractivity contribution in [2.24, 2.45) is 0 Å². The third-order valence-corrected chi connectivity index (χ3v) is 5.62. The fraction of sp³-hybridized carbons (Fsp3) is 0.348. The van der Waals surface area contributed by atoms with Crippen LogP contribution in [-0.4, -0.2) is 37.2 Å². The van der Waals surface area contributed by atoms with Gasteiger partial charge in [0.1, 0.15) is 0 Å². The van der Waals surface area contributed by atoms with E-state index in [1.807, 2.05) is 43.5 Å². The molecule has 1 fully saturated rings. The number of likely N-dealkylation sites (tertiary alicyclic amines) is 1. The second kappa shape index (κ2) is 8.29. The summed E-state index contributed by atoms with van der Waals surface area (Å²) >= 11 is 0. The lowest BCUT2D eigenvalue weighted by molar-refractivity contribution is -0.139. The maximum atomic E-state index is 12.5. The quantitative estimate of drug-likeness (QED) is 0.620. The van der Waals surface area contributed by atoms with Gasteiger partial charge in [-0.15, -0.1) is 0 Å². The molecule has 0 atom stereocenters. The molecular formula is C23H25N5O3. The molecule has 1 aliphatic rings. The van der Waals surface area contributed by atoms with Crippen molar-refractivity contribution < 1.29 is 14.4 Å². The highest BCUT2D eigenvalue weighted by Gasteiger charge is 2.28. The maximum Gasteiger partial charge on any atom is 0.229 e. The van der Waals surface area contributed by atoms with Crippen LogP contribution in [0.4, 0.5) is 5.69 Å². The van der Waals surface area contributed by atoms with Gasteiger partial charge in [-0.05, 0) is 50.5 Å². The minimum Gasteiger partial charge on any atom is -0.326 e. The minimum absolute atomic E-state index is 0.0896. The number of hydrogen-bond donors (Lipinski definition) is 1. The van der Waals surface area contributed by atoms with Crippen molar-refractivity contribution in [1.82, 2.24) is 19.5 Å². The average Bonchev–Trinajstić information content (AvgIpc) is 3.25. The Labute approximate surface area is 180 Å². The zero-order valence-electron chi connectivity index (χ0n) is 17.9. The normalized spacial score (nSPS) is 14.0. The average molecular weight is 419 g/mol. The zero-order valence-corrected chi connectivity index (χ0v) is 17.9. The summed E-state index contributed by atoms with van der Waals surface area (Å²) in [5.74, 6) is -0.356. The predicted molar refractivity (Wildman–Crippen MR) is 115 cm³/mol. The number of fused-ring (bicyclic) bond motifs is 1. The van der Waals surface area contributed by atoms with Crippen LogP contribution in [0.3, 0.4) is 0 Å². The van der Waals surface area contributed by atoms with E-state index in [0.29, 0.717) is 18.5 Å². The number of anilines is 1. The third-order valence-electron chi connectivity index (χ3n) is 5.62. The smallest absolute Gasteiger partial charge is 0.229 e. The molecule has 3 aromatic rings. The standard InChI is InChI=1S/C23H25N5O3/c1-14-12-20-24-15(2)19(16(3)28(20)26-14)8-9-21(29)25-18-6-4-17(5-7-18)13-27-22(30)10-11-23(27)31/h4-7,12H,8-11,13H2,1-3H3,(H,25,29). The molecule has 2 aromatic heterocycles. The molecule has 4 rings (SSSR count). The molecule has 3 amide bonds. The summed E-state index contributed by atoms with van der Waals surface area (Å²) in [6, 6.07) is 9.15. The van der Waals surface area contributed by atoms with E-state index in [0.717, 1.165) is 33.9 Å². The van der Waals surface area contributed by atoms with Gasteiger partial charge in [-0.2, -0.15) is 5.10 Å². The van der Waals surface area contributed by atoms with Crippen LogP contribution in [0.2, 0.25) is 0 Å². The van der Waals surface area contributed by atoms with Crippen LogP contribution in [0.1, 0.15) is 47.5 Å². The monoisotopic (exact) mass is 419 g/mol. The summed E-state index contributed by atoms with van der Waals surface area (Å²) in [6.07, 6.45) is 1.47. The summed E-state index contributed by atoms with van der Waals surface area (Å²) in [4.78, 5) is 41.9. The van der Waals surface area contributed by atoms with Gasteiger partial charge in [0.05, 0.1) is 12.2 Å². The van der Waals surface area contributed by atoms with Gasteiger partial charge in [-0.25, -0.2) is 9.50 Å². The maximum absolute atomic E-state index is 12.5. The van der Waals surface area contributed by atoms with Crippen molar-refractivity contribution in [3.05, 3.63) is 58.5 Å². The number of amides is 3. The van der Waals surface area contributed by atoms with Gasteiger partial charge in [-0.3, -0.25) is 19.3 Å². The Morgan fingerprint density at radius 3 is 2.42 bits per heavy atom. The van der Waals surface area contributed by atoms with Crippen LogP contribution in [0, 0.1) is 20.8 Å². The van der Waals surface area contributed by atoms with Crippen molar-refractivity contribution >= 4 is 29.1 Å². The Hall–Kier alpha value is -3.55. The Morgan fingerprint density at radius 1 is 1.06 bits per heavy atom. The summed E-state index contributed by atoms with van der Waals surface area (Å²) in [6.45, 7) is 6.16. The van der Waals surface area contributed by atoms with Gasteiger partial charge in [-0.1, -0.05) is 12.1 Å². The first kappa shape index (κ1) is 20.7. The largest absolute Gasteiger partial charge is 0.326 e. The summed E-state index contributed by atoms with van der Waals surface area (Å²) in [7, 11) is 0. The predicted octanol–water partition coefficient (Wildman–Crippen LogP) is 2.87. The van der Waals surface area contributed by atoms with E-state index in [1.54, 1.807) is 12.1 Å². The molecular weight excluding hydrogens is 394 g/mol. The molecule has 8 nitrogen and oxygen atoms in total. The molecule has 1 aliphatic heterocycles. The lowest BCUT2D eigenvalue weighted by atomic mass is 10.1. The number of imide groups is 1. The molecule has 8 heteroatoms. The lowest BCUT2D eigenvalue weighted by Crippen LogP contribution is -2.28. The van der Waals surface area contributed by atoms with Gasteiger partial charge in [0, 0.05) is 42.4 Å². The second-order valence-electron chi connectivity index (χ2n) is 7.94. The molecule has 3 heterocycles. The molecule has 1 saturated heterocycles. The molecule has 160 valence electrons. The Balaban J connectivity index is 1.36. The number of rotatable bonds is 6. The Kier molecular flexibility index (Phi) is 5.54. The number of benzene rings is 1. The molecule has 0 saturated carbocycles. The van der Waals surface area contributed by atoms with Gasteiger partial charge in [0.2, 0.25) is 17.7 Å². The highest BCUT2D eigenvalue weighted by atomic mass is 16.2. The van der Waals surface area contributed by atoms with Gasteiger partial charge >= 0.3 is 0 Å². The van der Waals surface area contributed by atoms with E-state index in [4.69, 9.17) is 0 Å². The first-order valence-electron chi connectivity index (χ1n) is 10.4. The van der Waals surface area contributed by atoms with E-state index >= 15 is 0 Å². The van der Waals surface area contributed by atoms with Crippen molar-refractivity contribution in [1.29, 1.82) is 0 Å². The molecule has 0 bridgehead atoms. The lowest BCUT2D eigenvalue weighted by Gasteiger charge is -2.14. The number of nitrogens with one attached hydrogen (secondary N) is 1. The van der Waals surface area contributed by atoms with Crippen molar-refractivity contribution in [2.45, 2.75) is 53.0 Å². The highest BCUT2D eigenvalue weighted by Crippen LogP contribution is 2.19. The summed E-state index contributed by atoms with van der Waals surface area (Å²) in [5, 5.41) is 7.37. The van der Waals surface area contributed by atoms with Crippen LogP contribution in [0.25, 0.3) is 5.65 Å². The van der Waals surface area contributed by atoms with Gasteiger partial charge in [0.25, 0.3) is 0 Å². The number of nitrogens with zero attached hydrogens (tertiary/aromatic N) is 4. The fourth-order valence-electron chi connectivity index (χ4n) is 3.94. The van der Waals surface area contributed by atoms with E-state index in [-0.39, 0.29) is 37.1 Å². The van der Waals surface area contributed by atoms with E-state index in [2.05, 4.69) is 15.4 Å². The number of hydrogen-bond acceptors (Lipinski definition) is 5. The Bertz CT molecular complexity index is 1160. The fourth-order valence-corrected chi connectivity index (χ4v) is 3.94. The molecule has 0 aliphatic carbocycles. The van der Waals surface area contributed by atoms with E-state index in [1.165, 1.54) is 4.90 Å². The third kappa shape index (κ3) is 4.33. The zero-order chi connectivity index (χ0) is 22.1. The second-order valence-corrected chi connectivity index (χ2v) is 7.94. The number of aromatic nitrogens is 3. The van der Waals surface area contributed by atoms with Gasteiger partial charge in [0.15, 0.2) is 5.65 Å². The SMILES string of the molecule is Cc1cc2nc(C)c(CCC(=O)Nc3ccc(CN4C(=O)CCC4=O)cc3)c(C)n2n1. The molecule has 1 aromatic carbocycles. The van der Waals surface area contributed by atoms with Crippen molar-refractivity contribution in [3.63, 3.8) is 0 Å². The number of carbonyl (C=O) groups is 3. The van der Waals surface area contributed by atoms with E-state index < -0.39 is 0 Å². The van der Waals surface area contributed by atoms with Crippen LogP contribution in [0.5, 0.6) is 0 Å². The van der Waals surface area contributed by atoms with E-state index in [9.17, 15) is 14.4 Å². The molecule has 31 heavy (non-hydrogen) atoms. The number of aryl methyl sites for hydroxylation is 3. The topological polar surface area (TPSA) is 96.7 Å². The highest BCUT2D eigenvalue weighted by molar-refractivity contribution is 6.01. The summed E-state index contributed by atoms with van der Waals surface area (Å²) in [5.41, 5.74) is 6.19. The van der Waals surface area contributed by atoms with Crippen LogP contribution in [-0.2, 0) is 27.3 Å². The van der Waals surface area contributed by atoms with Gasteiger partial charge < -0.3 is 5.32 Å².